The quantitative estimate of drug-likeness (QED) is 0.661. The predicted octanol–water partition coefficient (Wildman–Crippen LogP) is 4.90. The summed E-state index contributed by atoms with van der Waals surface area (Å²) in [6.07, 6.45) is 0.891. The molecule has 2 aromatic heterocycles. The van der Waals surface area contributed by atoms with E-state index in [9.17, 15) is 4.39 Å². The third-order valence-corrected chi connectivity index (χ3v) is 4.68. The van der Waals surface area contributed by atoms with Gasteiger partial charge in [-0.25, -0.2) is 4.39 Å². The van der Waals surface area contributed by atoms with Crippen LogP contribution in [0.2, 0.25) is 0 Å². The Bertz CT molecular complexity index is 774. The molecule has 0 spiro atoms. The second kappa shape index (κ2) is 5.19. The molecule has 0 saturated heterocycles. The SMILES string of the molecule is Fc1cc2c(cc1Br)[nH]c(=S)n2CCc1ccsc1. The number of hydrogen-bond donors (Lipinski definition) is 1. The molecule has 0 bridgehead atoms. The van der Waals surface area contributed by atoms with Gasteiger partial charge in [0, 0.05) is 12.6 Å². The Labute approximate surface area is 127 Å². The highest BCUT2D eigenvalue weighted by Gasteiger charge is 2.09. The van der Waals surface area contributed by atoms with Crippen LogP contribution in [0.1, 0.15) is 5.56 Å². The van der Waals surface area contributed by atoms with Crippen LogP contribution in [0, 0.1) is 10.6 Å². The van der Waals surface area contributed by atoms with Crippen molar-refractivity contribution in [2.24, 2.45) is 0 Å². The topological polar surface area (TPSA) is 20.7 Å². The van der Waals surface area contributed by atoms with Crippen molar-refractivity contribution in [2.45, 2.75) is 13.0 Å². The monoisotopic (exact) mass is 356 g/mol. The molecule has 0 aliphatic carbocycles. The van der Waals surface area contributed by atoms with Gasteiger partial charge in [0.15, 0.2) is 4.77 Å². The van der Waals surface area contributed by atoms with Gasteiger partial charge >= 0.3 is 0 Å². The Hall–Kier alpha value is -0.980. The number of imidazole rings is 1. The number of aromatic nitrogens is 2. The Kier molecular flexibility index (Phi) is 3.56. The molecule has 3 aromatic rings. The number of H-pyrrole nitrogens is 1. The molecule has 0 fully saturated rings. The lowest BCUT2D eigenvalue weighted by Crippen LogP contribution is -2.00. The molecule has 2 heterocycles. The Morgan fingerprint density at radius 2 is 2.26 bits per heavy atom. The van der Waals surface area contributed by atoms with Gasteiger partial charge in [-0.2, -0.15) is 11.3 Å². The van der Waals surface area contributed by atoms with Crippen molar-refractivity contribution in [3.05, 3.63) is 49.6 Å². The second-order valence-electron chi connectivity index (χ2n) is 4.25. The van der Waals surface area contributed by atoms with Gasteiger partial charge < -0.3 is 9.55 Å². The lowest BCUT2D eigenvalue weighted by molar-refractivity contribution is 0.620. The van der Waals surface area contributed by atoms with Crippen LogP contribution in [-0.2, 0) is 13.0 Å². The normalized spacial score (nSPS) is 11.3. The first kappa shape index (κ1) is 13.0. The zero-order chi connectivity index (χ0) is 13.4. The summed E-state index contributed by atoms with van der Waals surface area (Å²) in [4.78, 5) is 3.11. The molecule has 6 heteroatoms. The van der Waals surface area contributed by atoms with E-state index in [1.807, 2.05) is 4.57 Å². The second-order valence-corrected chi connectivity index (χ2v) is 6.27. The van der Waals surface area contributed by atoms with Crippen molar-refractivity contribution in [3.63, 3.8) is 0 Å². The summed E-state index contributed by atoms with van der Waals surface area (Å²) in [5.74, 6) is -0.272. The highest BCUT2D eigenvalue weighted by atomic mass is 79.9. The number of benzene rings is 1. The highest BCUT2D eigenvalue weighted by Crippen LogP contribution is 2.23. The fraction of sp³-hybridized carbons (Fsp3) is 0.154. The van der Waals surface area contributed by atoms with Gasteiger partial charge in [-0.3, -0.25) is 0 Å². The van der Waals surface area contributed by atoms with Crippen LogP contribution >= 0.6 is 39.5 Å². The standard InChI is InChI=1S/C13H10BrFN2S2/c14-9-5-11-12(6-10(9)15)17(13(18)16-11)3-1-8-2-4-19-7-8/h2,4-7H,1,3H2,(H,16,18). The molecule has 0 aliphatic heterocycles. The summed E-state index contributed by atoms with van der Waals surface area (Å²) in [5.41, 5.74) is 2.93. The zero-order valence-corrected chi connectivity index (χ0v) is 13.0. The van der Waals surface area contributed by atoms with Crippen molar-refractivity contribution >= 4 is 50.5 Å². The van der Waals surface area contributed by atoms with Crippen LogP contribution in [0.4, 0.5) is 4.39 Å². The molecule has 0 saturated carbocycles. The van der Waals surface area contributed by atoms with E-state index in [0.717, 1.165) is 24.0 Å². The van der Waals surface area contributed by atoms with Crippen molar-refractivity contribution in [1.82, 2.24) is 9.55 Å². The molecular formula is C13H10BrFN2S2. The summed E-state index contributed by atoms with van der Waals surface area (Å²) in [5, 5.41) is 4.18. The molecule has 0 unspecified atom stereocenters. The van der Waals surface area contributed by atoms with Crippen molar-refractivity contribution in [1.29, 1.82) is 0 Å². The van der Waals surface area contributed by atoms with E-state index in [2.05, 4.69) is 37.7 Å². The number of hydrogen-bond acceptors (Lipinski definition) is 2. The van der Waals surface area contributed by atoms with Gasteiger partial charge in [0.1, 0.15) is 5.82 Å². The minimum atomic E-state index is -0.272. The third-order valence-electron chi connectivity index (χ3n) is 3.02. The number of aromatic amines is 1. The molecule has 98 valence electrons. The first-order chi connectivity index (χ1) is 9.15. The van der Waals surface area contributed by atoms with Gasteiger partial charge in [0.05, 0.1) is 15.5 Å². The summed E-state index contributed by atoms with van der Waals surface area (Å²) in [6, 6.07) is 5.33. The molecule has 1 aromatic carbocycles. The van der Waals surface area contributed by atoms with E-state index in [1.165, 1.54) is 11.6 Å². The molecule has 0 atom stereocenters. The number of halogens is 2. The van der Waals surface area contributed by atoms with Crippen LogP contribution in [0.5, 0.6) is 0 Å². The first-order valence-corrected chi connectivity index (χ1v) is 7.88. The van der Waals surface area contributed by atoms with E-state index >= 15 is 0 Å². The van der Waals surface area contributed by atoms with Crippen LogP contribution in [-0.4, -0.2) is 9.55 Å². The van der Waals surface area contributed by atoms with Gasteiger partial charge in [-0.05, 0) is 63.0 Å². The molecule has 1 N–H and O–H groups in total. The van der Waals surface area contributed by atoms with Crippen LogP contribution in [0.3, 0.4) is 0 Å². The van der Waals surface area contributed by atoms with Crippen LogP contribution < -0.4 is 0 Å². The van der Waals surface area contributed by atoms with Crippen LogP contribution in [0.15, 0.2) is 33.4 Å². The van der Waals surface area contributed by atoms with Crippen LogP contribution in [0.25, 0.3) is 11.0 Å². The summed E-state index contributed by atoms with van der Waals surface area (Å²) in [7, 11) is 0. The fourth-order valence-corrected chi connectivity index (χ4v) is 3.40. The number of thiophene rings is 1. The first-order valence-electron chi connectivity index (χ1n) is 5.74. The number of nitrogens with zero attached hydrogens (tertiary/aromatic N) is 1. The molecular weight excluding hydrogens is 347 g/mol. The lowest BCUT2D eigenvalue weighted by Gasteiger charge is -2.04. The zero-order valence-electron chi connectivity index (χ0n) is 9.82. The van der Waals surface area contributed by atoms with Gasteiger partial charge in [-0.15, -0.1) is 0 Å². The Morgan fingerprint density at radius 3 is 3.00 bits per heavy atom. The maximum atomic E-state index is 13.6. The predicted molar refractivity (Wildman–Crippen MR) is 82.8 cm³/mol. The van der Waals surface area contributed by atoms with E-state index in [1.54, 1.807) is 17.4 Å². The average Bonchev–Trinajstić information content (AvgIpc) is 2.96. The van der Waals surface area contributed by atoms with Gasteiger partial charge in [0.2, 0.25) is 0 Å². The Balaban J connectivity index is 2.00. The maximum absolute atomic E-state index is 13.6. The van der Waals surface area contributed by atoms with E-state index in [4.69, 9.17) is 12.2 Å². The van der Waals surface area contributed by atoms with E-state index in [0.29, 0.717) is 9.24 Å². The number of fused-ring (bicyclic) bond motifs is 1. The average molecular weight is 357 g/mol. The number of nitrogens with one attached hydrogen (secondary N) is 1. The number of aryl methyl sites for hydroxylation is 2. The van der Waals surface area contributed by atoms with Crippen molar-refractivity contribution < 1.29 is 4.39 Å². The molecule has 2 nitrogen and oxygen atoms in total. The molecule has 0 radical (unpaired) electrons. The van der Waals surface area contributed by atoms with Gasteiger partial charge in [0.25, 0.3) is 0 Å². The molecule has 0 amide bonds. The molecule has 0 aliphatic rings. The van der Waals surface area contributed by atoms with E-state index < -0.39 is 0 Å². The smallest absolute Gasteiger partial charge is 0.178 e. The van der Waals surface area contributed by atoms with E-state index in [-0.39, 0.29) is 5.82 Å². The third kappa shape index (κ3) is 2.52. The highest BCUT2D eigenvalue weighted by molar-refractivity contribution is 9.10. The minimum absolute atomic E-state index is 0.272. The largest absolute Gasteiger partial charge is 0.331 e. The minimum Gasteiger partial charge on any atom is -0.331 e. The fourth-order valence-electron chi connectivity index (χ4n) is 2.05. The lowest BCUT2D eigenvalue weighted by atomic mass is 10.2. The molecule has 19 heavy (non-hydrogen) atoms. The van der Waals surface area contributed by atoms with Crippen molar-refractivity contribution in [3.8, 4) is 0 Å². The molecule has 3 rings (SSSR count). The van der Waals surface area contributed by atoms with Gasteiger partial charge in [-0.1, -0.05) is 0 Å². The maximum Gasteiger partial charge on any atom is 0.178 e. The summed E-state index contributed by atoms with van der Waals surface area (Å²) in [6.45, 7) is 0.747. The number of rotatable bonds is 3. The Morgan fingerprint density at radius 1 is 1.42 bits per heavy atom. The summed E-state index contributed by atoms with van der Waals surface area (Å²) < 4.78 is 16.7. The van der Waals surface area contributed by atoms with Crippen molar-refractivity contribution in [2.75, 3.05) is 0 Å². The summed E-state index contributed by atoms with van der Waals surface area (Å²) >= 11 is 10.2.